The van der Waals surface area contributed by atoms with E-state index < -0.39 is 0 Å². The Morgan fingerprint density at radius 2 is 1.02 bits per heavy atom. The predicted molar refractivity (Wildman–Crippen MR) is 180 cm³/mol. The lowest BCUT2D eigenvalue weighted by Crippen LogP contribution is -1.98. The predicted octanol–water partition coefficient (Wildman–Crippen LogP) is 10.5. The fraction of sp³-hybridized carbons (Fsp3) is 0. The third-order valence-electron chi connectivity index (χ3n) is 8.41. The van der Waals surface area contributed by atoms with Crippen molar-refractivity contribution in [3.63, 3.8) is 0 Å². The van der Waals surface area contributed by atoms with E-state index in [0.717, 1.165) is 55.7 Å². The summed E-state index contributed by atoms with van der Waals surface area (Å²) in [6.07, 6.45) is 0. The fourth-order valence-electron chi connectivity index (χ4n) is 6.35. The second-order valence-electron chi connectivity index (χ2n) is 11.1. The first kappa shape index (κ1) is 24.6. The molecule has 9 aromatic rings. The van der Waals surface area contributed by atoms with Gasteiger partial charge in [0.25, 0.3) is 0 Å². The van der Waals surface area contributed by atoms with Gasteiger partial charge < -0.3 is 8.98 Å². The van der Waals surface area contributed by atoms with Crippen LogP contribution in [0.4, 0.5) is 0 Å². The van der Waals surface area contributed by atoms with Gasteiger partial charge in [-0.3, -0.25) is 0 Å². The molecule has 9 rings (SSSR count). The Morgan fingerprint density at radius 3 is 1.80 bits per heavy atom. The van der Waals surface area contributed by atoms with E-state index in [2.05, 4.69) is 114 Å². The summed E-state index contributed by atoms with van der Waals surface area (Å²) in [6.45, 7) is 0. The standard InChI is InChI=1S/C40H25N3O/c1-2-11-26(12-3-1)34-25-35(27-21-22-39-33(24-27)32-17-6-9-20-38(32)44-39)42-40(41-34)28-13-10-14-29(23-28)43-36-18-7-4-15-30(36)31-16-5-8-19-37(31)43/h1-25H. The Hall–Kier alpha value is -6.00. The van der Waals surface area contributed by atoms with Gasteiger partial charge in [-0.05, 0) is 54.6 Å². The number of aromatic nitrogens is 3. The largest absolute Gasteiger partial charge is 0.456 e. The smallest absolute Gasteiger partial charge is 0.160 e. The summed E-state index contributed by atoms with van der Waals surface area (Å²) in [5.41, 5.74) is 9.93. The van der Waals surface area contributed by atoms with Crippen molar-refractivity contribution in [2.45, 2.75) is 0 Å². The number of nitrogens with zero attached hydrogens (tertiary/aromatic N) is 3. The van der Waals surface area contributed by atoms with E-state index in [9.17, 15) is 0 Å². The molecular formula is C40H25N3O. The van der Waals surface area contributed by atoms with E-state index in [0.29, 0.717) is 5.82 Å². The maximum atomic E-state index is 6.10. The molecule has 0 aliphatic rings. The summed E-state index contributed by atoms with van der Waals surface area (Å²) >= 11 is 0. The number of hydrogen-bond donors (Lipinski definition) is 0. The Balaban J connectivity index is 1.24. The fourth-order valence-corrected chi connectivity index (χ4v) is 6.35. The van der Waals surface area contributed by atoms with Gasteiger partial charge >= 0.3 is 0 Å². The van der Waals surface area contributed by atoms with Crippen molar-refractivity contribution >= 4 is 43.7 Å². The summed E-state index contributed by atoms with van der Waals surface area (Å²) in [7, 11) is 0. The van der Waals surface area contributed by atoms with Crippen LogP contribution in [0.25, 0.3) is 83.3 Å². The number of fused-ring (bicyclic) bond motifs is 6. The van der Waals surface area contributed by atoms with E-state index in [1.807, 2.05) is 42.5 Å². The molecule has 3 aromatic heterocycles. The molecule has 0 amide bonds. The molecular weight excluding hydrogens is 538 g/mol. The molecule has 0 unspecified atom stereocenters. The van der Waals surface area contributed by atoms with E-state index in [4.69, 9.17) is 14.4 Å². The van der Waals surface area contributed by atoms with Crippen LogP contribution in [0.5, 0.6) is 0 Å². The maximum Gasteiger partial charge on any atom is 0.160 e. The number of rotatable bonds is 4. The Morgan fingerprint density at radius 1 is 0.409 bits per heavy atom. The van der Waals surface area contributed by atoms with Crippen molar-refractivity contribution in [2.75, 3.05) is 0 Å². The van der Waals surface area contributed by atoms with Crippen LogP contribution in [0.3, 0.4) is 0 Å². The van der Waals surface area contributed by atoms with E-state index >= 15 is 0 Å². The molecule has 0 bridgehead atoms. The highest BCUT2D eigenvalue weighted by molar-refractivity contribution is 6.09. The summed E-state index contributed by atoms with van der Waals surface area (Å²) < 4.78 is 8.43. The van der Waals surface area contributed by atoms with E-state index in [-0.39, 0.29) is 0 Å². The zero-order valence-corrected chi connectivity index (χ0v) is 23.7. The van der Waals surface area contributed by atoms with Crippen molar-refractivity contribution in [1.82, 2.24) is 14.5 Å². The van der Waals surface area contributed by atoms with Gasteiger partial charge in [0.2, 0.25) is 0 Å². The highest BCUT2D eigenvalue weighted by atomic mass is 16.3. The first-order valence-electron chi connectivity index (χ1n) is 14.8. The Labute approximate surface area is 253 Å². The van der Waals surface area contributed by atoms with Crippen molar-refractivity contribution in [3.05, 3.63) is 152 Å². The third kappa shape index (κ3) is 3.92. The van der Waals surface area contributed by atoms with Crippen LogP contribution in [0.15, 0.2) is 156 Å². The number of benzene rings is 6. The second-order valence-corrected chi connectivity index (χ2v) is 11.1. The van der Waals surface area contributed by atoms with Crippen LogP contribution in [-0.4, -0.2) is 14.5 Å². The molecule has 4 heteroatoms. The van der Waals surface area contributed by atoms with Crippen molar-refractivity contribution in [2.24, 2.45) is 0 Å². The summed E-state index contributed by atoms with van der Waals surface area (Å²) in [5.74, 6) is 0.682. The van der Waals surface area contributed by atoms with Gasteiger partial charge in [-0.15, -0.1) is 0 Å². The van der Waals surface area contributed by atoms with Crippen LogP contribution >= 0.6 is 0 Å². The minimum Gasteiger partial charge on any atom is -0.456 e. The topological polar surface area (TPSA) is 43.9 Å². The first-order valence-corrected chi connectivity index (χ1v) is 14.8. The highest BCUT2D eigenvalue weighted by Crippen LogP contribution is 2.35. The molecule has 4 nitrogen and oxygen atoms in total. The first-order chi connectivity index (χ1) is 21.8. The summed E-state index contributed by atoms with van der Waals surface area (Å²) in [6, 6.07) is 52.5. The van der Waals surface area contributed by atoms with Crippen molar-refractivity contribution < 1.29 is 4.42 Å². The molecule has 3 heterocycles. The molecule has 0 N–H and O–H groups in total. The average Bonchev–Trinajstić information content (AvgIpc) is 3.64. The van der Waals surface area contributed by atoms with E-state index in [1.54, 1.807) is 0 Å². The molecule has 0 radical (unpaired) electrons. The van der Waals surface area contributed by atoms with Gasteiger partial charge in [0.1, 0.15) is 11.2 Å². The van der Waals surface area contributed by atoms with Gasteiger partial charge in [-0.25, -0.2) is 9.97 Å². The zero-order chi connectivity index (χ0) is 29.0. The SMILES string of the molecule is c1ccc(-c2cc(-c3ccc4oc5ccccc5c4c3)nc(-c3cccc(-n4c5ccccc5c5ccccc54)c3)n2)cc1. The van der Waals surface area contributed by atoms with Gasteiger partial charge in [0, 0.05) is 43.9 Å². The molecule has 0 aliphatic carbocycles. The highest BCUT2D eigenvalue weighted by Gasteiger charge is 2.16. The van der Waals surface area contributed by atoms with Crippen LogP contribution in [-0.2, 0) is 0 Å². The molecule has 0 aliphatic heterocycles. The Kier molecular flexibility index (Phi) is 5.47. The van der Waals surface area contributed by atoms with Crippen LogP contribution in [0.2, 0.25) is 0 Å². The average molecular weight is 564 g/mol. The number of para-hydroxylation sites is 3. The van der Waals surface area contributed by atoms with Crippen LogP contribution < -0.4 is 0 Å². The summed E-state index contributed by atoms with van der Waals surface area (Å²) in [5, 5.41) is 4.65. The van der Waals surface area contributed by atoms with Gasteiger partial charge in [-0.1, -0.05) is 97.1 Å². The molecule has 0 atom stereocenters. The van der Waals surface area contributed by atoms with Gasteiger partial charge in [0.05, 0.1) is 22.4 Å². The minimum atomic E-state index is 0.682. The normalized spacial score (nSPS) is 11.6. The molecule has 0 spiro atoms. The molecule has 0 fully saturated rings. The molecule has 44 heavy (non-hydrogen) atoms. The Bertz CT molecular complexity index is 2450. The molecule has 6 aromatic carbocycles. The molecule has 206 valence electrons. The van der Waals surface area contributed by atoms with Crippen LogP contribution in [0.1, 0.15) is 0 Å². The summed E-state index contributed by atoms with van der Waals surface area (Å²) in [4.78, 5) is 10.3. The van der Waals surface area contributed by atoms with Crippen LogP contribution in [0, 0.1) is 0 Å². The third-order valence-corrected chi connectivity index (χ3v) is 8.41. The van der Waals surface area contributed by atoms with Gasteiger partial charge in [0.15, 0.2) is 5.82 Å². The lowest BCUT2D eigenvalue weighted by Gasteiger charge is -2.12. The zero-order valence-electron chi connectivity index (χ0n) is 23.7. The molecule has 0 saturated carbocycles. The van der Waals surface area contributed by atoms with Crippen molar-refractivity contribution in [1.29, 1.82) is 0 Å². The van der Waals surface area contributed by atoms with E-state index in [1.165, 1.54) is 21.8 Å². The second kappa shape index (κ2) is 9.79. The maximum absolute atomic E-state index is 6.10. The number of furan rings is 1. The van der Waals surface area contributed by atoms with Gasteiger partial charge in [-0.2, -0.15) is 0 Å². The number of hydrogen-bond acceptors (Lipinski definition) is 3. The lowest BCUT2D eigenvalue weighted by atomic mass is 10.0. The lowest BCUT2D eigenvalue weighted by molar-refractivity contribution is 0.669. The van der Waals surface area contributed by atoms with Crippen molar-refractivity contribution in [3.8, 4) is 39.6 Å². The molecule has 0 saturated heterocycles. The quantitative estimate of drug-likeness (QED) is 0.214. The monoisotopic (exact) mass is 563 g/mol. The minimum absolute atomic E-state index is 0.682.